The fraction of sp³-hybridized carbons (Fsp3) is 0.400. The van der Waals surface area contributed by atoms with E-state index >= 15 is 0 Å². The Hall–Kier alpha value is -1.53. The van der Waals surface area contributed by atoms with Gasteiger partial charge in [-0.1, -0.05) is 0 Å². The third kappa shape index (κ3) is 7.38. The number of nitrogens with zero attached hydrogens (tertiary/aromatic N) is 2. The first-order chi connectivity index (χ1) is 11.8. The van der Waals surface area contributed by atoms with Gasteiger partial charge < -0.3 is 34.6 Å². The van der Waals surface area contributed by atoms with Crippen LogP contribution in [0.2, 0.25) is 0 Å². The van der Waals surface area contributed by atoms with Crippen molar-refractivity contribution in [3.8, 4) is 5.75 Å². The molecule has 140 valence electrons. The van der Waals surface area contributed by atoms with Crippen molar-refractivity contribution in [3.05, 3.63) is 23.8 Å². The Morgan fingerprint density at radius 3 is 1.96 bits per heavy atom. The van der Waals surface area contributed by atoms with Crippen molar-refractivity contribution in [2.45, 2.75) is 0 Å². The molecule has 1 heterocycles. The Morgan fingerprint density at radius 2 is 1.54 bits per heavy atom. The molecule has 1 amide bonds. The molecule has 10 nitrogen and oxygen atoms in total. The van der Waals surface area contributed by atoms with Gasteiger partial charge in [0, 0.05) is 37.9 Å². The van der Waals surface area contributed by atoms with Crippen LogP contribution in [0.4, 0.5) is 15.3 Å². The number of ether oxygens (including phenoxy) is 2. The normalized spacial score (nSPS) is 12.8. The standard InChI is InChI=1S/C14H18N2O5.CH2O3.K.H/c1-20-12-9-10(3-4-11(12)13(17)21-2)15-5-7-16(8-6-15)14(18)19;2-1(3)4;;/h3-4,9H,5-8H2,1-2H3,(H,18,19);(H2,2,3,4);;. The number of amides is 1. The number of piperazine rings is 1. The average molecular weight is 396 g/mol. The molecule has 1 aromatic rings. The van der Waals surface area contributed by atoms with Crippen molar-refractivity contribution in [1.82, 2.24) is 4.90 Å². The fourth-order valence-corrected chi connectivity index (χ4v) is 2.31. The van der Waals surface area contributed by atoms with Crippen LogP contribution in [0.15, 0.2) is 18.2 Å². The quantitative estimate of drug-likeness (QED) is 0.502. The second kappa shape index (κ2) is 12.0. The second-order valence-corrected chi connectivity index (χ2v) is 4.92. The van der Waals surface area contributed by atoms with Crippen molar-refractivity contribution >= 4 is 75.3 Å². The van der Waals surface area contributed by atoms with Crippen LogP contribution in [0.5, 0.6) is 5.75 Å². The molecule has 1 aliphatic heterocycles. The minimum absolute atomic E-state index is 0. The van der Waals surface area contributed by atoms with Crippen LogP contribution in [0.3, 0.4) is 0 Å². The predicted molar refractivity (Wildman–Crippen MR) is 93.9 cm³/mol. The van der Waals surface area contributed by atoms with Gasteiger partial charge in [-0.05, 0) is 12.1 Å². The van der Waals surface area contributed by atoms with Crippen molar-refractivity contribution in [1.29, 1.82) is 0 Å². The van der Waals surface area contributed by atoms with E-state index in [0.717, 1.165) is 5.69 Å². The molecule has 0 bridgehead atoms. The Kier molecular flexibility index (Phi) is 11.3. The number of hydrogen-bond acceptors (Lipinski definition) is 6. The number of hydrogen-bond donors (Lipinski definition) is 3. The topological polar surface area (TPSA) is 137 Å². The molecular formula is C15H21KN2O8. The van der Waals surface area contributed by atoms with E-state index in [4.69, 9.17) is 29.6 Å². The van der Waals surface area contributed by atoms with Gasteiger partial charge in [0.25, 0.3) is 0 Å². The van der Waals surface area contributed by atoms with E-state index in [-0.39, 0.29) is 51.4 Å². The third-order valence-electron chi connectivity index (χ3n) is 3.51. The van der Waals surface area contributed by atoms with Gasteiger partial charge in [-0.2, -0.15) is 0 Å². The Bertz CT molecular complexity index is 628. The third-order valence-corrected chi connectivity index (χ3v) is 3.51. The molecule has 0 radical (unpaired) electrons. The van der Waals surface area contributed by atoms with Gasteiger partial charge >= 0.3 is 69.6 Å². The zero-order valence-electron chi connectivity index (χ0n) is 13.8. The maximum atomic E-state index is 11.6. The Balaban J connectivity index is 0.00000113. The number of carbonyl (C=O) groups is 3. The summed E-state index contributed by atoms with van der Waals surface area (Å²) in [6, 6.07) is 5.23. The molecule has 0 aliphatic carbocycles. The van der Waals surface area contributed by atoms with Crippen LogP contribution in [0, 0.1) is 0 Å². The minimum atomic E-state index is -1.83. The Labute approximate surface area is 192 Å². The summed E-state index contributed by atoms with van der Waals surface area (Å²) in [5.74, 6) is -0.00545. The molecule has 0 spiro atoms. The number of rotatable bonds is 3. The van der Waals surface area contributed by atoms with Gasteiger partial charge in [-0.15, -0.1) is 0 Å². The molecule has 1 aromatic carbocycles. The maximum absolute atomic E-state index is 11.6. The molecular weight excluding hydrogens is 375 g/mol. The predicted octanol–water partition coefficient (Wildman–Crippen LogP) is 0.856. The van der Waals surface area contributed by atoms with E-state index in [1.54, 1.807) is 12.1 Å². The molecule has 1 saturated heterocycles. The van der Waals surface area contributed by atoms with Crippen LogP contribution < -0.4 is 9.64 Å². The van der Waals surface area contributed by atoms with Crippen molar-refractivity contribution in [3.63, 3.8) is 0 Å². The van der Waals surface area contributed by atoms with E-state index in [1.807, 2.05) is 6.07 Å². The van der Waals surface area contributed by atoms with E-state index in [9.17, 15) is 9.59 Å². The molecule has 0 atom stereocenters. The first kappa shape index (κ1) is 24.5. The summed E-state index contributed by atoms with van der Waals surface area (Å²) < 4.78 is 9.93. The molecule has 1 aliphatic rings. The van der Waals surface area contributed by atoms with Gasteiger partial charge in [0.05, 0.1) is 14.2 Å². The summed E-state index contributed by atoms with van der Waals surface area (Å²) in [4.78, 5) is 34.5. The Morgan fingerprint density at radius 1 is 1.00 bits per heavy atom. The molecule has 3 N–H and O–H groups in total. The summed E-state index contributed by atoms with van der Waals surface area (Å²) in [5, 5.41) is 22.9. The first-order valence-electron chi connectivity index (χ1n) is 7.21. The first-order valence-corrected chi connectivity index (χ1v) is 7.21. The number of benzene rings is 1. The average Bonchev–Trinajstić information content (AvgIpc) is 2.60. The zero-order chi connectivity index (χ0) is 19.0. The molecule has 0 aromatic heterocycles. The number of esters is 1. The van der Waals surface area contributed by atoms with E-state index < -0.39 is 18.2 Å². The monoisotopic (exact) mass is 396 g/mol. The van der Waals surface area contributed by atoms with Crippen molar-refractivity contribution < 1.29 is 39.2 Å². The molecule has 0 saturated carbocycles. The molecule has 0 unspecified atom stereocenters. The molecule has 1 fully saturated rings. The van der Waals surface area contributed by atoms with Gasteiger partial charge in [0.1, 0.15) is 11.3 Å². The van der Waals surface area contributed by atoms with Gasteiger partial charge in [0.2, 0.25) is 0 Å². The zero-order valence-corrected chi connectivity index (χ0v) is 13.8. The SMILES string of the molecule is COC(=O)c1ccc(N2CCN(C(=O)O)CC2)cc1OC.O=C(O)O.[KH]. The van der Waals surface area contributed by atoms with Crippen molar-refractivity contribution in [2.24, 2.45) is 0 Å². The summed E-state index contributed by atoms with van der Waals surface area (Å²) in [5.41, 5.74) is 1.26. The fourth-order valence-electron chi connectivity index (χ4n) is 2.31. The van der Waals surface area contributed by atoms with E-state index in [2.05, 4.69) is 4.90 Å². The van der Waals surface area contributed by atoms with Crippen LogP contribution in [-0.2, 0) is 4.74 Å². The van der Waals surface area contributed by atoms with Crippen LogP contribution >= 0.6 is 0 Å². The summed E-state index contributed by atoms with van der Waals surface area (Å²) in [6.07, 6.45) is -2.73. The van der Waals surface area contributed by atoms with Gasteiger partial charge in [-0.3, -0.25) is 0 Å². The number of carbonyl (C=O) groups excluding carboxylic acids is 1. The second-order valence-electron chi connectivity index (χ2n) is 4.92. The van der Waals surface area contributed by atoms with Crippen LogP contribution in [0.1, 0.15) is 10.4 Å². The number of anilines is 1. The van der Waals surface area contributed by atoms with E-state index in [1.165, 1.54) is 19.1 Å². The van der Waals surface area contributed by atoms with E-state index in [0.29, 0.717) is 37.5 Å². The number of methoxy groups -OCH3 is 2. The molecule has 2 rings (SSSR count). The summed E-state index contributed by atoms with van der Waals surface area (Å²) in [7, 11) is 2.81. The van der Waals surface area contributed by atoms with Crippen LogP contribution in [-0.4, -0.2) is 130 Å². The summed E-state index contributed by atoms with van der Waals surface area (Å²) in [6.45, 7) is 2.12. The van der Waals surface area contributed by atoms with Crippen LogP contribution in [0.25, 0.3) is 0 Å². The molecule has 11 heteroatoms. The molecule has 26 heavy (non-hydrogen) atoms. The summed E-state index contributed by atoms with van der Waals surface area (Å²) >= 11 is 0. The van der Waals surface area contributed by atoms with Gasteiger partial charge in [0.15, 0.2) is 0 Å². The van der Waals surface area contributed by atoms with Gasteiger partial charge in [-0.25, -0.2) is 14.4 Å². The van der Waals surface area contributed by atoms with Crippen molar-refractivity contribution in [2.75, 3.05) is 45.3 Å². The number of carboxylic acid groups (broad SMARTS) is 3.